The van der Waals surface area contributed by atoms with Crippen LogP contribution in [0.3, 0.4) is 0 Å². The van der Waals surface area contributed by atoms with Gasteiger partial charge in [-0.1, -0.05) is 71.8 Å². The highest BCUT2D eigenvalue weighted by atomic mass is 16.5. The molecule has 4 atom stereocenters. The van der Waals surface area contributed by atoms with E-state index in [0.717, 1.165) is 6.42 Å². The Balaban J connectivity index is 1.77. The minimum absolute atomic E-state index is 0.0393. The molecule has 31 heavy (non-hydrogen) atoms. The Labute approximate surface area is 191 Å². The minimum Gasteiger partial charge on any atom is -0.458 e. The van der Waals surface area contributed by atoms with Crippen LogP contribution < -0.4 is 0 Å². The molecule has 2 rings (SSSR count). The zero-order valence-corrected chi connectivity index (χ0v) is 21.4. The molecule has 4 unspecified atom stereocenters. The standard InChI is InChI=1S/C28H46O3/c1-18(12-13-23-19(2)11-10-14-28(23,8)9)15-22-21(4)26(22)20(3)16-25(30)31-17-24(29)27(5,6)7/h18,20,22,26H,4,10-17H2,1-3,5-9H3. The third kappa shape index (κ3) is 7.05. The largest absolute Gasteiger partial charge is 0.458 e. The Kier molecular flexibility index (Phi) is 8.39. The number of rotatable bonds is 10. The molecule has 0 radical (unpaired) electrons. The first kappa shape index (κ1) is 25.9. The zero-order chi connectivity index (χ0) is 23.6. The van der Waals surface area contributed by atoms with Crippen LogP contribution in [-0.2, 0) is 14.3 Å². The van der Waals surface area contributed by atoms with Gasteiger partial charge in [0.1, 0.15) is 0 Å². The van der Waals surface area contributed by atoms with Crippen molar-refractivity contribution in [3.63, 3.8) is 0 Å². The Morgan fingerprint density at radius 2 is 1.87 bits per heavy atom. The fraction of sp³-hybridized carbons (Fsp3) is 0.786. The number of carbonyl (C=O) groups excluding carboxylic acids is 2. The van der Waals surface area contributed by atoms with Crippen molar-refractivity contribution in [3.8, 4) is 0 Å². The number of hydrogen-bond donors (Lipinski definition) is 0. The molecule has 0 aromatic carbocycles. The molecule has 0 saturated heterocycles. The Morgan fingerprint density at radius 1 is 1.23 bits per heavy atom. The van der Waals surface area contributed by atoms with Crippen molar-refractivity contribution in [3.05, 3.63) is 23.3 Å². The van der Waals surface area contributed by atoms with Crippen LogP contribution in [0.15, 0.2) is 23.3 Å². The Bertz CT molecular complexity index is 719. The van der Waals surface area contributed by atoms with Crippen LogP contribution in [0, 0.1) is 34.5 Å². The van der Waals surface area contributed by atoms with E-state index in [1.54, 1.807) is 11.1 Å². The van der Waals surface area contributed by atoms with E-state index in [0.29, 0.717) is 29.6 Å². The van der Waals surface area contributed by atoms with Gasteiger partial charge in [-0.15, -0.1) is 0 Å². The van der Waals surface area contributed by atoms with E-state index in [9.17, 15) is 9.59 Å². The third-order valence-electron chi connectivity index (χ3n) is 7.76. The molecule has 2 aliphatic carbocycles. The molecule has 1 saturated carbocycles. The summed E-state index contributed by atoms with van der Waals surface area (Å²) in [4.78, 5) is 24.2. The molecule has 0 bridgehead atoms. The van der Waals surface area contributed by atoms with Gasteiger partial charge in [-0.3, -0.25) is 9.59 Å². The van der Waals surface area contributed by atoms with Gasteiger partial charge in [-0.05, 0) is 74.5 Å². The summed E-state index contributed by atoms with van der Waals surface area (Å²) in [5.74, 6) is 1.53. The number of esters is 1. The van der Waals surface area contributed by atoms with E-state index in [1.807, 2.05) is 20.8 Å². The second-order valence-electron chi connectivity index (χ2n) is 12.1. The number of carbonyl (C=O) groups is 2. The van der Waals surface area contributed by atoms with Crippen molar-refractivity contribution in [1.82, 2.24) is 0 Å². The number of hydrogen-bond acceptors (Lipinski definition) is 3. The van der Waals surface area contributed by atoms with E-state index in [4.69, 9.17) is 4.74 Å². The smallest absolute Gasteiger partial charge is 0.306 e. The molecular weight excluding hydrogens is 384 g/mol. The van der Waals surface area contributed by atoms with Gasteiger partial charge in [-0.2, -0.15) is 0 Å². The van der Waals surface area contributed by atoms with E-state index in [2.05, 4.69) is 41.2 Å². The van der Waals surface area contributed by atoms with E-state index >= 15 is 0 Å². The first-order valence-corrected chi connectivity index (χ1v) is 12.3. The maximum Gasteiger partial charge on any atom is 0.306 e. The summed E-state index contributed by atoms with van der Waals surface area (Å²) in [6.45, 7) is 21.3. The molecule has 176 valence electrons. The van der Waals surface area contributed by atoms with Crippen LogP contribution in [0.25, 0.3) is 0 Å². The summed E-state index contributed by atoms with van der Waals surface area (Å²) in [5.41, 5.74) is 4.49. The van der Waals surface area contributed by atoms with Crippen molar-refractivity contribution < 1.29 is 14.3 Å². The highest BCUT2D eigenvalue weighted by molar-refractivity contribution is 5.86. The molecule has 0 spiro atoms. The summed E-state index contributed by atoms with van der Waals surface area (Å²) in [6.07, 6.45) is 7.89. The first-order valence-electron chi connectivity index (χ1n) is 12.3. The van der Waals surface area contributed by atoms with Crippen molar-refractivity contribution in [1.29, 1.82) is 0 Å². The molecule has 2 aliphatic rings. The molecule has 1 fully saturated rings. The van der Waals surface area contributed by atoms with E-state index < -0.39 is 5.41 Å². The molecule has 0 N–H and O–H groups in total. The molecule has 3 heteroatoms. The summed E-state index contributed by atoms with van der Waals surface area (Å²) >= 11 is 0. The fourth-order valence-electron chi connectivity index (χ4n) is 5.44. The minimum atomic E-state index is -0.473. The lowest BCUT2D eigenvalue weighted by Crippen LogP contribution is -2.26. The summed E-state index contributed by atoms with van der Waals surface area (Å²) in [7, 11) is 0. The molecule has 3 nitrogen and oxygen atoms in total. The summed E-state index contributed by atoms with van der Waals surface area (Å²) < 4.78 is 5.24. The Hall–Kier alpha value is -1.38. The lowest BCUT2D eigenvalue weighted by molar-refractivity contribution is -0.151. The molecule has 0 aliphatic heterocycles. The average molecular weight is 431 g/mol. The predicted molar refractivity (Wildman–Crippen MR) is 129 cm³/mol. The van der Waals surface area contributed by atoms with Gasteiger partial charge in [0.2, 0.25) is 0 Å². The van der Waals surface area contributed by atoms with Gasteiger partial charge < -0.3 is 4.74 Å². The van der Waals surface area contributed by atoms with Crippen molar-refractivity contribution in [2.24, 2.45) is 34.5 Å². The summed E-state index contributed by atoms with van der Waals surface area (Å²) in [6, 6.07) is 0. The van der Waals surface area contributed by atoms with Crippen LogP contribution in [-0.4, -0.2) is 18.4 Å². The molecule has 0 aromatic heterocycles. The van der Waals surface area contributed by atoms with Gasteiger partial charge >= 0.3 is 5.97 Å². The van der Waals surface area contributed by atoms with E-state index in [-0.39, 0.29) is 24.3 Å². The number of ether oxygens (including phenoxy) is 1. The number of Topliss-reactive ketones (excluding diaryl/α,β-unsaturated/α-hetero) is 1. The topological polar surface area (TPSA) is 43.4 Å². The first-order chi connectivity index (χ1) is 14.2. The van der Waals surface area contributed by atoms with Crippen LogP contribution in [0.5, 0.6) is 0 Å². The van der Waals surface area contributed by atoms with Gasteiger partial charge in [0.25, 0.3) is 0 Å². The van der Waals surface area contributed by atoms with Crippen LogP contribution >= 0.6 is 0 Å². The molecule has 0 aromatic rings. The van der Waals surface area contributed by atoms with Gasteiger partial charge in [0.05, 0.1) is 0 Å². The van der Waals surface area contributed by atoms with Gasteiger partial charge in [-0.25, -0.2) is 0 Å². The number of ketones is 1. The second kappa shape index (κ2) is 10.0. The lowest BCUT2D eigenvalue weighted by atomic mass is 9.70. The third-order valence-corrected chi connectivity index (χ3v) is 7.76. The predicted octanol–water partition coefficient (Wildman–Crippen LogP) is 7.31. The van der Waals surface area contributed by atoms with Crippen LogP contribution in [0.4, 0.5) is 0 Å². The normalized spacial score (nSPS) is 25.2. The average Bonchev–Trinajstić information content (AvgIpc) is 3.26. The SMILES string of the molecule is C=C1C(CC(C)CCC2=C(C)CCCC2(C)C)C1C(C)CC(=O)OCC(=O)C(C)(C)C. The van der Waals surface area contributed by atoms with Crippen molar-refractivity contribution in [2.45, 2.75) is 100 Å². The Morgan fingerprint density at radius 3 is 2.45 bits per heavy atom. The molecule has 0 heterocycles. The summed E-state index contributed by atoms with van der Waals surface area (Å²) in [5, 5.41) is 0. The maximum absolute atomic E-state index is 12.2. The fourth-order valence-corrected chi connectivity index (χ4v) is 5.44. The zero-order valence-electron chi connectivity index (χ0n) is 21.4. The monoisotopic (exact) mass is 430 g/mol. The molecular formula is C28H46O3. The van der Waals surface area contributed by atoms with Crippen LogP contribution in [0.2, 0.25) is 0 Å². The van der Waals surface area contributed by atoms with E-state index in [1.165, 1.54) is 37.7 Å². The van der Waals surface area contributed by atoms with Crippen LogP contribution in [0.1, 0.15) is 100 Å². The second-order valence-corrected chi connectivity index (χ2v) is 12.1. The molecule has 0 amide bonds. The highest BCUT2D eigenvalue weighted by Gasteiger charge is 2.46. The lowest BCUT2D eigenvalue weighted by Gasteiger charge is -2.35. The van der Waals surface area contributed by atoms with Gasteiger partial charge in [0, 0.05) is 11.8 Å². The maximum atomic E-state index is 12.2. The number of allylic oxidation sites excluding steroid dienone is 3. The van der Waals surface area contributed by atoms with Crippen molar-refractivity contribution >= 4 is 11.8 Å². The highest BCUT2D eigenvalue weighted by Crippen LogP contribution is 2.54. The van der Waals surface area contributed by atoms with Crippen molar-refractivity contribution in [2.75, 3.05) is 6.61 Å². The van der Waals surface area contributed by atoms with Gasteiger partial charge in [0.15, 0.2) is 12.4 Å². The quantitative estimate of drug-likeness (QED) is 0.270.